The Bertz CT molecular complexity index is 783. The van der Waals surface area contributed by atoms with Crippen molar-refractivity contribution in [1.29, 1.82) is 0 Å². The van der Waals surface area contributed by atoms with Crippen molar-refractivity contribution in [2.75, 3.05) is 5.32 Å². The molecule has 0 fully saturated rings. The van der Waals surface area contributed by atoms with E-state index < -0.39 is 10.0 Å². The predicted octanol–water partition coefficient (Wildman–Crippen LogP) is 2.55. The van der Waals surface area contributed by atoms with E-state index in [0.29, 0.717) is 16.3 Å². The third-order valence-electron chi connectivity index (χ3n) is 2.72. The fourth-order valence-corrected chi connectivity index (χ4v) is 2.67. The summed E-state index contributed by atoms with van der Waals surface area (Å²) in [5, 5.41) is 8.11. The molecule has 5 nitrogen and oxygen atoms in total. The maximum atomic E-state index is 12.1. The maximum absolute atomic E-state index is 12.1. The highest BCUT2D eigenvalue weighted by Gasteiger charge is 2.11. The van der Waals surface area contributed by atoms with Gasteiger partial charge in [0.05, 0.1) is 4.90 Å². The van der Waals surface area contributed by atoms with Crippen LogP contribution >= 0.6 is 11.6 Å². The molecule has 0 radical (unpaired) electrons. The van der Waals surface area contributed by atoms with Crippen molar-refractivity contribution in [3.63, 3.8) is 0 Å². The molecule has 0 atom stereocenters. The number of nitrogens with two attached hydrogens (primary N) is 1. The average molecular weight is 325 g/mol. The van der Waals surface area contributed by atoms with Gasteiger partial charge in [-0.1, -0.05) is 17.7 Å². The lowest BCUT2D eigenvalue weighted by Gasteiger charge is -2.08. The van der Waals surface area contributed by atoms with Crippen molar-refractivity contribution in [2.45, 2.75) is 11.8 Å². The van der Waals surface area contributed by atoms with Crippen molar-refractivity contribution in [1.82, 2.24) is 0 Å². The lowest BCUT2D eigenvalue weighted by atomic mass is 10.1. The number of primary sulfonamides is 1. The van der Waals surface area contributed by atoms with Gasteiger partial charge in [0.25, 0.3) is 5.91 Å². The van der Waals surface area contributed by atoms with Crippen LogP contribution in [-0.4, -0.2) is 14.3 Å². The number of benzene rings is 2. The van der Waals surface area contributed by atoms with E-state index in [1.807, 2.05) is 6.92 Å². The summed E-state index contributed by atoms with van der Waals surface area (Å²) in [6.45, 7) is 1.82. The molecule has 2 rings (SSSR count). The van der Waals surface area contributed by atoms with Gasteiger partial charge in [0, 0.05) is 16.3 Å². The first kappa shape index (κ1) is 15.5. The lowest BCUT2D eigenvalue weighted by Crippen LogP contribution is -2.15. The molecular formula is C14H13ClN2O3S. The molecule has 3 N–H and O–H groups in total. The highest BCUT2D eigenvalue weighted by Crippen LogP contribution is 2.18. The summed E-state index contributed by atoms with van der Waals surface area (Å²) in [5.74, 6) is -0.382. The van der Waals surface area contributed by atoms with Gasteiger partial charge in [-0.3, -0.25) is 4.79 Å². The number of hydrogen-bond donors (Lipinski definition) is 2. The molecule has 0 aliphatic heterocycles. The van der Waals surface area contributed by atoms with E-state index in [1.54, 1.807) is 18.2 Å². The molecule has 2 aromatic carbocycles. The molecule has 0 aromatic heterocycles. The molecule has 0 heterocycles. The van der Waals surface area contributed by atoms with Crippen molar-refractivity contribution in [3.05, 3.63) is 58.6 Å². The first-order valence-electron chi connectivity index (χ1n) is 5.97. The zero-order valence-corrected chi connectivity index (χ0v) is 12.7. The van der Waals surface area contributed by atoms with Crippen molar-refractivity contribution >= 4 is 33.2 Å². The van der Waals surface area contributed by atoms with E-state index in [1.165, 1.54) is 24.3 Å². The quantitative estimate of drug-likeness (QED) is 0.909. The number of carbonyl (C=O) groups is 1. The Morgan fingerprint density at radius 2 is 1.90 bits per heavy atom. The van der Waals surface area contributed by atoms with Gasteiger partial charge in [0.15, 0.2) is 0 Å². The number of hydrogen-bond acceptors (Lipinski definition) is 3. The van der Waals surface area contributed by atoms with Crippen LogP contribution in [0.25, 0.3) is 0 Å². The first-order chi connectivity index (χ1) is 9.75. The molecule has 1 amide bonds. The second-order valence-electron chi connectivity index (χ2n) is 4.54. The van der Waals surface area contributed by atoms with Gasteiger partial charge in [-0.05, 0) is 48.9 Å². The Morgan fingerprint density at radius 1 is 1.19 bits per heavy atom. The molecule has 0 saturated heterocycles. The summed E-state index contributed by atoms with van der Waals surface area (Å²) in [7, 11) is -3.81. The molecule has 2 aromatic rings. The maximum Gasteiger partial charge on any atom is 0.255 e. The molecule has 0 spiro atoms. The van der Waals surface area contributed by atoms with E-state index in [-0.39, 0.29) is 10.8 Å². The number of rotatable bonds is 3. The summed E-state index contributed by atoms with van der Waals surface area (Å²) < 4.78 is 22.6. The average Bonchev–Trinajstić information content (AvgIpc) is 2.37. The predicted molar refractivity (Wildman–Crippen MR) is 82.0 cm³/mol. The number of amides is 1. The fourth-order valence-electron chi connectivity index (χ4n) is 1.82. The van der Waals surface area contributed by atoms with Gasteiger partial charge in [-0.15, -0.1) is 0 Å². The van der Waals surface area contributed by atoms with Gasteiger partial charge in [0.1, 0.15) is 0 Å². The lowest BCUT2D eigenvalue weighted by molar-refractivity contribution is 0.102. The zero-order chi connectivity index (χ0) is 15.6. The smallest absolute Gasteiger partial charge is 0.255 e. The van der Waals surface area contributed by atoms with E-state index in [4.69, 9.17) is 16.7 Å². The topological polar surface area (TPSA) is 89.3 Å². The SMILES string of the molecule is Cc1cc(Cl)cc(C(=O)Nc2cccc(S(N)(=O)=O)c2)c1. The monoisotopic (exact) mass is 324 g/mol. The fraction of sp³-hybridized carbons (Fsp3) is 0.0714. The largest absolute Gasteiger partial charge is 0.322 e. The minimum absolute atomic E-state index is 0.0671. The molecular weight excluding hydrogens is 312 g/mol. The molecule has 7 heteroatoms. The van der Waals surface area contributed by atoms with E-state index in [9.17, 15) is 13.2 Å². The second-order valence-corrected chi connectivity index (χ2v) is 6.54. The van der Waals surface area contributed by atoms with Crippen LogP contribution in [-0.2, 0) is 10.0 Å². The van der Waals surface area contributed by atoms with Crippen LogP contribution in [0.2, 0.25) is 5.02 Å². The van der Waals surface area contributed by atoms with Crippen molar-refractivity contribution < 1.29 is 13.2 Å². The standard InChI is InChI=1S/C14H13ClN2O3S/c1-9-5-10(7-11(15)6-9)14(18)17-12-3-2-4-13(8-12)21(16,19)20/h2-8H,1H3,(H,17,18)(H2,16,19,20). The van der Waals surface area contributed by atoms with Gasteiger partial charge in [-0.2, -0.15) is 0 Å². The second kappa shape index (κ2) is 5.85. The van der Waals surface area contributed by atoms with Crippen molar-refractivity contribution in [2.24, 2.45) is 5.14 Å². The van der Waals surface area contributed by atoms with Gasteiger partial charge in [0.2, 0.25) is 10.0 Å². The molecule has 0 bridgehead atoms. The Kier molecular flexibility index (Phi) is 4.32. The molecule has 21 heavy (non-hydrogen) atoms. The molecule has 110 valence electrons. The van der Waals surface area contributed by atoms with Crippen LogP contribution in [0.3, 0.4) is 0 Å². The molecule has 0 saturated carbocycles. The van der Waals surface area contributed by atoms with Crippen LogP contribution in [0.15, 0.2) is 47.4 Å². The third kappa shape index (κ3) is 4.04. The molecule has 0 aliphatic carbocycles. The summed E-state index contributed by atoms with van der Waals surface area (Å²) in [6.07, 6.45) is 0. The first-order valence-corrected chi connectivity index (χ1v) is 7.89. The number of halogens is 1. The summed E-state index contributed by atoms with van der Waals surface area (Å²) in [5.41, 5.74) is 1.58. The van der Waals surface area contributed by atoms with E-state index in [2.05, 4.69) is 5.32 Å². The van der Waals surface area contributed by atoms with Crippen LogP contribution in [0.1, 0.15) is 15.9 Å². The van der Waals surface area contributed by atoms with Gasteiger partial charge >= 0.3 is 0 Å². The molecule has 0 aliphatic rings. The highest BCUT2D eigenvalue weighted by atomic mass is 35.5. The normalized spacial score (nSPS) is 11.2. The number of carbonyl (C=O) groups excluding carboxylic acids is 1. The van der Waals surface area contributed by atoms with Crippen LogP contribution in [0.4, 0.5) is 5.69 Å². The zero-order valence-electron chi connectivity index (χ0n) is 11.1. The van der Waals surface area contributed by atoms with E-state index >= 15 is 0 Å². The van der Waals surface area contributed by atoms with Crippen LogP contribution in [0.5, 0.6) is 0 Å². The number of anilines is 1. The van der Waals surface area contributed by atoms with Crippen LogP contribution < -0.4 is 10.5 Å². The van der Waals surface area contributed by atoms with Crippen molar-refractivity contribution in [3.8, 4) is 0 Å². The summed E-state index contributed by atoms with van der Waals surface area (Å²) >= 11 is 5.91. The summed E-state index contributed by atoms with van der Waals surface area (Å²) in [6, 6.07) is 10.7. The number of aryl methyl sites for hydroxylation is 1. The number of nitrogens with one attached hydrogen (secondary N) is 1. The Morgan fingerprint density at radius 3 is 2.52 bits per heavy atom. The van der Waals surface area contributed by atoms with Gasteiger partial charge in [-0.25, -0.2) is 13.6 Å². The van der Waals surface area contributed by atoms with Crippen LogP contribution in [0, 0.1) is 6.92 Å². The highest BCUT2D eigenvalue weighted by molar-refractivity contribution is 7.89. The Balaban J connectivity index is 2.28. The third-order valence-corrected chi connectivity index (χ3v) is 3.85. The Hall–Kier alpha value is -1.89. The minimum Gasteiger partial charge on any atom is -0.322 e. The number of sulfonamides is 1. The Labute approximate surface area is 127 Å². The minimum atomic E-state index is -3.81. The van der Waals surface area contributed by atoms with Gasteiger partial charge < -0.3 is 5.32 Å². The summed E-state index contributed by atoms with van der Waals surface area (Å²) in [4.78, 5) is 12.1. The van der Waals surface area contributed by atoms with E-state index in [0.717, 1.165) is 5.56 Å². The molecule has 0 unspecified atom stereocenters.